The second-order valence-corrected chi connectivity index (χ2v) is 6.26. The molecule has 7 heteroatoms. The minimum absolute atomic E-state index is 0.248. The van der Waals surface area contributed by atoms with Crippen LogP contribution in [0.4, 0.5) is 9.18 Å². The van der Waals surface area contributed by atoms with Crippen LogP contribution >= 0.6 is 0 Å². The third kappa shape index (κ3) is 3.85. The number of ether oxygens (including phenoxy) is 1. The smallest absolute Gasteiger partial charge is 0.408 e. The molecule has 6 nitrogen and oxygen atoms in total. The number of fused-ring (bicyclic) bond motifs is 1. The molecule has 0 bridgehead atoms. The number of hydrogen-bond acceptors (Lipinski definition) is 4. The highest BCUT2D eigenvalue weighted by Gasteiger charge is 2.36. The maximum Gasteiger partial charge on any atom is 0.408 e. The molecule has 0 aliphatic carbocycles. The van der Waals surface area contributed by atoms with Crippen molar-refractivity contribution in [2.75, 3.05) is 13.2 Å². The second kappa shape index (κ2) is 6.36. The van der Waals surface area contributed by atoms with Crippen molar-refractivity contribution in [1.82, 2.24) is 10.2 Å². The first-order chi connectivity index (χ1) is 10.7. The van der Waals surface area contributed by atoms with Crippen molar-refractivity contribution in [2.45, 2.75) is 32.4 Å². The number of rotatable bonds is 4. The van der Waals surface area contributed by atoms with Crippen LogP contribution in [-0.4, -0.2) is 47.7 Å². The quantitative estimate of drug-likeness (QED) is 0.862. The summed E-state index contributed by atoms with van der Waals surface area (Å²) in [7, 11) is 0. The Balaban J connectivity index is 2.05. The average Bonchev–Trinajstić information content (AvgIpc) is 2.70. The average molecular weight is 322 g/mol. The number of amides is 3. The van der Waals surface area contributed by atoms with Gasteiger partial charge in [0.1, 0.15) is 12.3 Å². The third-order valence-corrected chi connectivity index (χ3v) is 3.19. The molecular formula is C16H19FN2O4. The fourth-order valence-corrected chi connectivity index (χ4v) is 2.23. The van der Waals surface area contributed by atoms with E-state index >= 15 is 0 Å². The summed E-state index contributed by atoms with van der Waals surface area (Å²) in [5.41, 5.74) is -0.153. The lowest BCUT2D eigenvalue weighted by atomic mass is 10.1. The molecule has 124 valence electrons. The molecule has 0 saturated carbocycles. The Hall–Kier alpha value is -2.44. The van der Waals surface area contributed by atoms with Crippen molar-refractivity contribution in [3.8, 4) is 0 Å². The van der Waals surface area contributed by atoms with Gasteiger partial charge in [-0.25, -0.2) is 9.18 Å². The number of carbonyl (C=O) groups excluding carboxylic acids is 3. The molecule has 1 aliphatic rings. The van der Waals surface area contributed by atoms with E-state index in [0.29, 0.717) is 0 Å². The Morgan fingerprint density at radius 2 is 1.74 bits per heavy atom. The first-order valence-corrected chi connectivity index (χ1v) is 7.23. The maximum atomic E-state index is 13.2. The number of nitrogens with one attached hydrogen (secondary N) is 1. The summed E-state index contributed by atoms with van der Waals surface area (Å²) < 4.78 is 18.2. The minimum atomic E-state index is -1.02. The van der Waals surface area contributed by atoms with Crippen LogP contribution in [0.3, 0.4) is 0 Å². The number of benzene rings is 1. The van der Waals surface area contributed by atoms with Gasteiger partial charge in [0.05, 0.1) is 23.7 Å². The molecule has 0 spiro atoms. The first kappa shape index (κ1) is 16.9. The van der Waals surface area contributed by atoms with Gasteiger partial charge in [0.15, 0.2) is 0 Å². The topological polar surface area (TPSA) is 75.7 Å². The van der Waals surface area contributed by atoms with Crippen LogP contribution in [0, 0.1) is 0 Å². The summed E-state index contributed by atoms with van der Waals surface area (Å²) in [4.78, 5) is 37.1. The molecule has 0 radical (unpaired) electrons. The molecule has 1 heterocycles. The standard InChI is InChI=1S/C16H19FN2O4/c1-16(2,3)23-15(22)18-10(8-17)9-19-13(20)11-6-4-5-7-12(11)14(19)21/h4-7,10H,8-9H2,1-3H3,(H,18,22). The first-order valence-electron chi connectivity index (χ1n) is 7.23. The van der Waals surface area contributed by atoms with Crippen LogP contribution < -0.4 is 5.32 Å². The SMILES string of the molecule is CC(C)(C)OC(=O)NC(CF)CN1C(=O)c2ccccc2C1=O. The molecule has 1 unspecified atom stereocenters. The van der Waals surface area contributed by atoms with E-state index in [1.54, 1.807) is 45.0 Å². The predicted octanol–water partition coefficient (Wildman–Crippen LogP) is 2.15. The van der Waals surface area contributed by atoms with Gasteiger partial charge in [-0.2, -0.15) is 0 Å². The highest BCUT2D eigenvalue weighted by Crippen LogP contribution is 2.22. The van der Waals surface area contributed by atoms with E-state index in [1.807, 2.05) is 0 Å². The van der Waals surface area contributed by atoms with Crippen molar-refractivity contribution in [3.63, 3.8) is 0 Å². The molecule has 23 heavy (non-hydrogen) atoms. The number of carbonyl (C=O) groups is 3. The summed E-state index contributed by atoms with van der Waals surface area (Å²) in [6.45, 7) is 3.87. The van der Waals surface area contributed by atoms with Crippen molar-refractivity contribution in [2.24, 2.45) is 0 Å². The van der Waals surface area contributed by atoms with E-state index in [1.165, 1.54) is 0 Å². The van der Waals surface area contributed by atoms with Crippen LogP contribution in [0.1, 0.15) is 41.5 Å². The molecule has 1 aliphatic heterocycles. The Labute approximate surface area is 133 Å². The van der Waals surface area contributed by atoms with Crippen molar-refractivity contribution >= 4 is 17.9 Å². The van der Waals surface area contributed by atoms with E-state index in [9.17, 15) is 18.8 Å². The summed E-state index contributed by atoms with van der Waals surface area (Å²) in [5, 5.41) is 2.34. The van der Waals surface area contributed by atoms with Gasteiger partial charge in [-0.05, 0) is 32.9 Å². The molecule has 1 aromatic carbocycles. The number of hydrogen-bond donors (Lipinski definition) is 1. The van der Waals surface area contributed by atoms with Crippen LogP contribution in [0.25, 0.3) is 0 Å². The van der Waals surface area contributed by atoms with Crippen molar-refractivity contribution < 1.29 is 23.5 Å². The number of alkyl halides is 1. The van der Waals surface area contributed by atoms with Gasteiger partial charge in [-0.15, -0.1) is 0 Å². The lowest BCUT2D eigenvalue weighted by Gasteiger charge is -2.24. The number of imide groups is 1. The van der Waals surface area contributed by atoms with E-state index in [2.05, 4.69) is 5.32 Å². The third-order valence-electron chi connectivity index (χ3n) is 3.19. The van der Waals surface area contributed by atoms with E-state index in [0.717, 1.165) is 4.90 Å². The highest BCUT2D eigenvalue weighted by atomic mass is 19.1. The zero-order chi connectivity index (χ0) is 17.2. The molecule has 0 saturated heterocycles. The fourth-order valence-electron chi connectivity index (χ4n) is 2.23. The van der Waals surface area contributed by atoms with Crippen molar-refractivity contribution in [1.29, 1.82) is 0 Å². The number of alkyl carbamates (subject to hydrolysis) is 1. The Bertz CT molecular complexity index is 604. The van der Waals surface area contributed by atoms with Gasteiger partial charge in [0, 0.05) is 0 Å². The molecule has 3 amide bonds. The summed E-state index contributed by atoms with van der Waals surface area (Å²) in [6.07, 6.45) is -0.795. The van der Waals surface area contributed by atoms with Crippen LogP contribution in [0.5, 0.6) is 0 Å². The van der Waals surface area contributed by atoms with Gasteiger partial charge in [-0.3, -0.25) is 14.5 Å². The summed E-state index contributed by atoms with van der Waals surface area (Å²) in [6, 6.07) is 5.37. The molecule has 1 atom stereocenters. The van der Waals surface area contributed by atoms with Crippen LogP contribution in [-0.2, 0) is 4.74 Å². The van der Waals surface area contributed by atoms with Gasteiger partial charge < -0.3 is 10.1 Å². The van der Waals surface area contributed by atoms with Gasteiger partial charge in [-0.1, -0.05) is 12.1 Å². The van der Waals surface area contributed by atoms with Crippen LogP contribution in [0.2, 0.25) is 0 Å². The van der Waals surface area contributed by atoms with E-state index in [-0.39, 0.29) is 17.7 Å². The fraction of sp³-hybridized carbons (Fsp3) is 0.438. The largest absolute Gasteiger partial charge is 0.444 e. The van der Waals surface area contributed by atoms with Crippen molar-refractivity contribution in [3.05, 3.63) is 35.4 Å². The van der Waals surface area contributed by atoms with Gasteiger partial charge in [0.25, 0.3) is 11.8 Å². The zero-order valence-electron chi connectivity index (χ0n) is 13.3. The monoisotopic (exact) mass is 322 g/mol. The summed E-state index contributed by atoms with van der Waals surface area (Å²) >= 11 is 0. The van der Waals surface area contributed by atoms with Crippen LogP contribution in [0.15, 0.2) is 24.3 Å². The Morgan fingerprint density at radius 1 is 1.22 bits per heavy atom. The molecule has 0 aromatic heterocycles. The molecule has 1 aromatic rings. The Kier molecular flexibility index (Phi) is 4.68. The van der Waals surface area contributed by atoms with Gasteiger partial charge >= 0.3 is 6.09 Å². The predicted molar refractivity (Wildman–Crippen MR) is 80.9 cm³/mol. The zero-order valence-corrected chi connectivity index (χ0v) is 13.3. The maximum absolute atomic E-state index is 13.2. The van der Waals surface area contributed by atoms with E-state index < -0.39 is 36.2 Å². The molecule has 0 fully saturated rings. The normalized spacial score (nSPS) is 15.4. The highest BCUT2D eigenvalue weighted by molar-refractivity contribution is 6.21. The summed E-state index contributed by atoms with van der Waals surface area (Å²) in [5.74, 6) is -0.981. The molecular weight excluding hydrogens is 303 g/mol. The lowest BCUT2D eigenvalue weighted by Crippen LogP contribution is -2.48. The second-order valence-electron chi connectivity index (χ2n) is 6.26. The molecule has 2 rings (SSSR count). The van der Waals surface area contributed by atoms with E-state index in [4.69, 9.17) is 4.74 Å². The number of halogens is 1. The lowest BCUT2D eigenvalue weighted by molar-refractivity contribution is 0.0457. The van der Waals surface area contributed by atoms with Gasteiger partial charge in [0.2, 0.25) is 0 Å². The molecule has 1 N–H and O–H groups in total. The number of nitrogens with zero attached hydrogens (tertiary/aromatic N) is 1. The minimum Gasteiger partial charge on any atom is -0.444 e. The Morgan fingerprint density at radius 3 is 2.17 bits per heavy atom.